The van der Waals surface area contributed by atoms with Gasteiger partial charge in [-0.3, -0.25) is 4.79 Å². The first-order valence-corrected chi connectivity index (χ1v) is 7.78. The molecule has 1 saturated heterocycles. The lowest BCUT2D eigenvalue weighted by atomic mass is 9.90. The van der Waals surface area contributed by atoms with Gasteiger partial charge in [0.1, 0.15) is 5.54 Å². The molecule has 0 radical (unpaired) electrons. The number of nitrogens with zero attached hydrogens (tertiary/aromatic N) is 1. The molecule has 0 amide bonds. The maximum absolute atomic E-state index is 11.5. The zero-order valence-electron chi connectivity index (χ0n) is 12.7. The van der Waals surface area contributed by atoms with E-state index >= 15 is 0 Å². The molecule has 0 aromatic heterocycles. The molecule has 1 aliphatic heterocycles. The number of likely N-dealkylation sites (tertiary alicyclic amines) is 1. The topological polar surface area (TPSA) is 52.6 Å². The monoisotopic (exact) mass is 270 g/mol. The summed E-state index contributed by atoms with van der Waals surface area (Å²) < 4.78 is 0. The van der Waals surface area contributed by atoms with Crippen molar-refractivity contribution in [3.8, 4) is 0 Å². The van der Waals surface area contributed by atoms with Crippen molar-refractivity contribution in [2.45, 2.75) is 58.4 Å². The fourth-order valence-corrected chi connectivity index (χ4v) is 3.12. The number of carboxylic acids is 1. The highest BCUT2D eigenvalue weighted by molar-refractivity contribution is 5.78. The van der Waals surface area contributed by atoms with Crippen LogP contribution >= 0.6 is 0 Å². The van der Waals surface area contributed by atoms with Gasteiger partial charge in [-0.15, -0.1) is 0 Å². The van der Waals surface area contributed by atoms with Crippen molar-refractivity contribution in [3.05, 3.63) is 0 Å². The lowest BCUT2D eigenvalue weighted by molar-refractivity contribution is -0.145. The Hall–Kier alpha value is -0.610. The maximum atomic E-state index is 11.5. The van der Waals surface area contributed by atoms with Gasteiger partial charge in [0.25, 0.3) is 0 Å². The fraction of sp³-hybridized carbons (Fsp3) is 0.933. The Kier molecular flexibility index (Phi) is 6.80. The van der Waals surface area contributed by atoms with Crippen LogP contribution in [0.4, 0.5) is 0 Å². The molecule has 0 aromatic rings. The van der Waals surface area contributed by atoms with Crippen molar-refractivity contribution >= 4 is 5.97 Å². The molecule has 0 aliphatic carbocycles. The van der Waals surface area contributed by atoms with Crippen molar-refractivity contribution in [2.75, 3.05) is 26.2 Å². The van der Waals surface area contributed by atoms with E-state index < -0.39 is 11.5 Å². The van der Waals surface area contributed by atoms with E-state index in [4.69, 9.17) is 0 Å². The zero-order valence-corrected chi connectivity index (χ0v) is 12.7. The molecule has 4 heteroatoms. The van der Waals surface area contributed by atoms with Crippen LogP contribution in [0.25, 0.3) is 0 Å². The standard InChI is InChI=1S/C15H30N2O2/c1-4-13-8-11-17(12-13)10-7-9-15(5-2,14(18)19)16-6-3/h13,16H,4-12H2,1-3H3,(H,18,19). The summed E-state index contributed by atoms with van der Waals surface area (Å²) in [6.45, 7) is 10.3. The van der Waals surface area contributed by atoms with Gasteiger partial charge in [0, 0.05) is 6.54 Å². The predicted octanol–water partition coefficient (Wildman–Crippen LogP) is 2.34. The first-order chi connectivity index (χ1) is 9.07. The minimum atomic E-state index is -0.724. The van der Waals surface area contributed by atoms with Crippen molar-refractivity contribution < 1.29 is 9.90 Å². The third kappa shape index (κ3) is 4.46. The molecule has 112 valence electrons. The van der Waals surface area contributed by atoms with E-state index in [1.54, 1.807) is 0 Å². The third-order valence-corrected chi connectivity index (χ3v) is 4.55. The molecule has 0 saturated carbocycles. The first kappa shape index (κ1) is 16.4. The minimum Gasteiger partial charge on any atom is -0.480 e. The van der Waals surface area contributed by atoms with Crippen LogP contribution in [0.2, 0.25) is 0 Å². The van der Waals surface area contributed by atoms with E-state index in [-0.39, 0.29) is 0 Å². The minimum absolute atomic E-state index is 0.647. The van der Waals surface area contributed by atoms with E-state index in [9.17, 15) is 9.90 Å². The van der Waals surface area contributed by atoms with Crippen LogP contribution < -0.4 is 5.32 Å². The summed E-state index contributed by atoms with van der Waals surface area (Å²) in [5.74, 6) is 0.147. The highest BCUT2D eigenvalue weighted by Gasteiger charge is 2.35. The zero-order chi connectivity index (χ0) is 14.3. The number of nitrogens with one attached hydrogen (secondary N) is 1. The molecular formula is C15H30N2O2. The molecule has 1 rings (SSSR count). The van der Waals surface area contributed by atoms with Crippen LogP contribution in [0.1, 0.15) is 52.9 Å². The van der Waals surface area contributed by atoms with Crippen LogP contribution in [0, 0.1) is 5.92 Å². The molecule has 2 unspecified atom stereocenters. The Morgan fingerprint density at radius 2 is 2.16 bits per heavy atom. The number of aliphatic carboxylic acids is 1. The van der Waals surface area contributed by atoms with Crippen LogP contribution in [0.5, 0.6) is 0 Å². The van der Waals surface area contributed by atoms with Crippen molar-refractivity contribution in [2.24, 2.45) is 5.92 Å². The maximum Gasteiger partial charge on any atom is 0.323 e. The number of likely N-dealkylation sites (N-methyl/N-ethyl adjacent to an activating group) is 1. The summed E-state index contributed by atoms with van der Waals surface area (Å²) >= 11 is 0. The molecular weight excluding hydrogens is 240 g/mol. The second-order valence-electron chi connectivity index (χ2n) is 5.74. The second-order valence-corrected chi connectivity index (χ2v) is 5.74. The summed E-state index contributed by atoms with van der Waals surface area (Å²) in [5.41, 5.74) is -0.724. The largest absolute Gasteiger partial charge is 0.480 e. The number of rotatable bonds is 9. The molecule has 1 aliphatic rings. The van der Waals surface area contributed by atoms with E-state index in [1.807, 2.05) is 13.8 Å². The van der Waals surface area contributed by atoms with Crippen LogP contribution in [0.3, 0.4) is 0 Å². The Morgan fingerprint density at radius 3 is 2.63 bits per heavy atom. The molecule has 1 heterocycles. The van der Waals surface area contributed by atoms with Gasteiger partial charge in [0.05, 0.1) is 0 Å². The smallest absolute Gasteiger partial charge is 0.323 e. The Bertz CT molecular complexity index is 283. The van der Waals surface area contributed by atoms with Gasteiger partial charge in [0.2, 0.25) is 0 Å². The van der Waals surface area contributed by atoms with E-state index in [0.717, 1.165) is 25.3 Å². The molecule has 1 fully saturated rings. The molecule has 0 aromatic carbocycles. The van der Waals surface area contributed by atoms with E-state index in [0.29, 0.717) is 13.0 Å². The number of carbonyl (C=O) groups is 1. The first-order valence-electron chi connectivity index (χ1n) is 7.78. The fourth-order valence-electron chi connectivity index (χ4n) is 3.12. The van der Waals surface area contributed by atoms with Gasteiger partial charge < -0.3 is 15.3 Å². The van der Waals surface area contributed by atoms with Gasteiger partial charge in [0.15, 0.2) is 0 Å². The van der Waals surface area contributed by atoms with Gasteiger partial charge >= 0.3 is 5.97 Å². The quantitative estimate of drug-likeness (QED) is 0.675. The van der Waals surface area contributed by atoms with Gasteiger partial charge in [-0.2, -0.15) is 0 Å². The summed E-state index contributed by atoms with van der Waals surface area (Å²) in [7, 11) is 0. The highest BCUT2D eigenvalue weighted by atomic mass is 16.4. The van der Waals surface area contributed by atoms with Gasteiger partial charge in [-0.1, -0.05) is 27.2 Å². The van der Waals surface area contributed by atoms with E-state index in [1.165, 1.54) is 25.9 Å². The third-order valence-electron chi connectivity index (χ3n) is 4.55. The normalized spacial score (nSPS) is 23.4. The highest BCUT2D eigenvalue weighted by Crippen LogP contribution is 2.22. The van der Waals surface area contributed by atoms with E-state index in [2.05, 4.69) is 17.1 Å². The second kappa shape index (κ2) is 7.85. The predicted molar refractivity (Wildman–Crippen MR) is 78.4 cm³/mol. The lowest BCUT2D eigenvalue weighted by Gasteiger charge is -2.30. The van der Waals surface area contributed by atoms with Crippen LogP contribution in [-0.4, -0.2) is 47.7 Å². The number of hydrogen-bond donors (Lipinski definition) is 2. The van der Waals surface area contributed by atoms with Crippen molar-refractivity contribution in [1.29, 1.82) is 0 Å². The summed E-state index contributed by atoms with van der Waals surface area (Å²) in [6, 6.07) is 0. The number of hydrogen-bond acceptors (Lipinski definition) is 3. The lowest BCUT2D eigenvalue weighted by Crippen LogP contribution is -2.51. The molecule has 0 spiro atoms. The summed E-state index contributed by atoms with van der Waals surface area (Å²) in [6.07, 6.45) is 4.90. The Labute approximate surface area is 117 Å². The molecule has 4 nitrogen and oxygen atoms in total. The van der Waals surface area contributed by atoms with Crippen molar-refractivity contribution in [3.63, 3.8) is 0 Å². The molecule has 2 atom stereocenters. The Morgan fingerprint density at radius 1 is 1.42 bits per heavy atom. The SMILES string of the molecule is CCNC(CC)(CCCN1CCC(CC)C1)C(=O)O. The summed E-state index contributed by atoms with van der Waals surface area (Å²) in [5, 5.41) is 12.6. The molecule has 2 N–H and O–H groups in total. The average Bonchev–Trinajstić information content (AvgIpc) is 2.85. The molecule has 19 heavy (non-hydrogen) atoms. The molecule has 0 bridgehead atoms. The Balaban J connectivity index is 2.38. The van der Waals surface area contributed by atoms with Crippen LogP contribution in [0.15, 0.2) is 0 Å². The number of carboxylic acid groups (broad SMARTS) is 1. The van der Waals surface area contributed by atoms with Gasteiger partial charge in [-0.05, 0) is 51.2 Å². The van der Waals surface area contributed by atoms with Crippen LogP contribution in [-0.2, 0) is 4.79 Å². The van der Waals surface area contributed by atoms with Crippen molar-refractivity contribution in [1.82, 2.24) is 10.2 Å². The average molecular weight is 270 g/mol. The summed E-state index contributed by atoms with van der Waals surface area (Å²) in [4.78, 5) is 14.0. The van der Waals surface area contributed by atoms with Gasteiger partial charge in [-0.25, -0.2) is 0 Å².